The lowest BCUT2D eigenvalue weighted by atomic mass is 9.81. The number of aryl methyl sites for hydroxylation is 1. The van der Waals surface area contributed by atoms with Gasteiger partial charge in [0.2, 0.25) is 0 Å². The quantitative estimate of drug-likeness (QED) is 0.311. The molecule has 2 aliphatic rings. The van der Waals surface area contributed by atoms with E-state index in [0.717, 1.165) is 45.0 Å². The molecule has 0 amide bonds. The van der Waals surface area contributed by atoms with Crippen LogP contribution in [-0.4, -0.2) is 49.6 Å². The van der Waals surface area contributed by atoms with Gasteiger partial charge in [0.1, 0.15) is 5.82 Å². The van der Waals surface area contributed by atoms with Crippen LogP contribution >= 0.6 is 0 Å². The second-order valence-corrected chi connectivity index (χ2v) is 10.4. The highest BCUT2D eigenvalue weighted by atomic mass is 16.5. The maximum Gasteiger partial charge on any atom is 0.150 e. The topological polar surface area (TPSA) is 48.2 Å². The van der Waals surface area contributed by atoms with Crippen LogP contribution in [0.5, 0.6) is 0 Å². The van der Waals surface area contributed by atoms with Crippen molar-refractivity contribution < 1.29 is 14.2 Å². The Hall–Kier alpha value is -2.41. The van der Waals surface area contributed by atoms with Gasteiger partial charge in [-0.25, -0.2) is 4.52 Å². The van der Waals surface area contributed by atoms with Crippen molar-refractivity contribution in [1.82, 2.24) is 9.61 Å². The highest BCUT2D eigenvalue weighted by molar-refractivity contribution is 5.86. The molecule has 1 aliphatic carbocycles. The first kappa shape index (κ1) is 26.2. The number of benzene rings is 1. The zero-order valence-electron chi connectivity index (χ0n) is 22.9. The zero-order valence-corrected chi connectivity index (χ0v) is 22.9. The van der Waals surface area contributed by atoms with Crippen molar-refractivity contribution in [3.05, 3.63) is 53.2 Å². The van der Waals surface area contributed by atoms with Crippen LogP contribution in [0.1, 0.15) is 75.3 Å². The standard InChI is InChI=1S/C31H43N3O3/c1-4-12-27-29(31(35-3)24-15-10-7-11-16-24)26(22-36-5-2)30-25(23-13-8-6-9-14-23)21-28(32-34(27)30)33-17-19-37-20-18-33/h6,8-9,13-14,21,24,31H,4-5,7,10-12,15-20,22H2,1-3H3. The minimum atomic E-state index is 0.0643. The maximum absolute atomic E-state index is 6.38. The lowest BCUT2D eigenvalue weighted by molar-refractivity contribution is 0.0324. The number of morpholine rings is 1. The van der Waals surface area contributed by atoms with Crippen molar-refractivity contribution in [3.8, 4) is 11.1 Å². The van der Waals surface area contributed by atoms with E-state index in [9.17, 15) is 0 Å². The third-order valence-corrected chi connectivity index (χ3v) is 8.09. The van der Waals surface area contributed by atoms with Crippen LogP contribution < -0.4 is 4.90 Å². The van der Waals surface area contributed by atoms with Crippen LogP contribution in [-0.2, 0) is 27.2 Å². The molecular formula is C31H43N3O3. The highest BCUT2D eigenvalue weighted by Crippen LogP contribution is 2.44. The number of anilines is 1. The minimum absolute atomic E-state index is 0.0643. The van der Waals surface area contributed by atoms with Crippen LogP contribution in [0.15, 0.2) is 36.4 Å². The van der Waals surface area contributed by atoms with Gasteiger partial charge >= 0.3 is 0 Å². The number of hydrogen-bond acceptors (Lipinski definition) is 5. The number of rotatable bonds is 10. The monoisotopic (exact) mass is 505 g/mol. The molecule has 5 rings (SSSR count). The van der Waals surface area contributed by atoms with E-state index in [0.29, 0.717) is 19.1 Å². The molecule has 1 aromatic carbocycles. The summed E-state index contributed by atoms with van der Waals surface area (Å²) in [4.78, 5) is 2.36. The molecule has 0 bridgehead atoms. The van der Waals surface area contributed by atoms with E-state index in [1.807, 2.05) is 7.11 Å². The molecule has 6 heteroatoms. The summed E-state index contributed by atoms with van der Waals surface area (Å²) in [5.41, 5.74) is 7.47. The lowest BCUT2D eigenvalue weighted by Gasteiger charge is -2.30. The fourth-order valence-corrected chi connectivity index (χ4v) is 6.33. The highest BCUT2D eigenvalue weighted by Gasteiger charge is 2.33. The number of nitrogens with zero attached hydrogens (tertiary/aromatic N) is 3. The number of methoxy groups -OCH3 is 1. The molecule has 200 valence electrons. The number of ether oxygens (including phenoxy) is 3. The fraction of sp³-hybridized carbons (Fsp3) is 0.581. The molecule has 1 aliphatic heterocycles. The molecule has 1 saturated heterocycles. The Bertz CT molecular complexity index is 1150. The third-order valence-electron chi connectivity index (χ3n) is 8.09. The van der Waals surface area contributed by atoms with Crippen molar-refractivity contribution in [2.45, 2.75) is 71.5 Å². The summed E-state index contributed by atoms with van der Waals surface area (Å²) in [6, 6.07) is 13.0. The van der Waals surface area contributed by atoms with E-state index >= 15 is 0 Å². The largest absolute Gasteiger partial charge is 0.378 e. The fourth-order valence-electron chi connectivity index (χ4n) is 6.33. The van der Waals surface area contributed by atoms with Gasteiger partial charge in [-0.2, -0.15) is 5.10 Å². The summed E-state index contributed by atoms with van der Waals surface area (Å²) in [7, 11) is 1.90. The Kier molecular flexibility index (Phi) is 8.80. The SMILES string of the molecule is CCCc1c(C(OC)C2CCCCC2)c(COCC)c2c(-c3ccccc3)cc(N3CCOCC3)nn12. The van der Waals surface area contributed by atoms with E-state index in [-0.39, 0.29) is 6.10 Å². The summed E-state index contributed by atoms with van der Waals surface area (Å²) in [6.45, 7) is 8.79. The Morgan fingerprint density at radius 1 is 1.05 bits per heavy atom. The smallest absolute Gasteiger partial charge is 0.150 e. The van der Waals surface area contributed by atoms with Gasteiger partial charge in [0, 0.05) is 49.2 Å². The summed E-state index contributed by atoms with van der Waals surface area (Å²) in [6.07, 6.45) is 8.44. The molecule has 37 heavy (non-hydrogen) atoms. The molecule has 1 unspecified atom stereocenters. The number of aromatic nitrogens is 2. The van der Waals surface area contributed by atoms with Crippen molar-refractivity contribution in [3.63, 3.8) is 0 Å². The predicted octanol–water partition coefficient (Wildman–Crippen LogP) is 6.59. The van der Waals surface area contributed by atoms with Gasteiger partial charge in [0.25, 0.3) is 0 Å². The predicted molar refractivity (Wildman–Crippen MR) is 149 cm³/mol. The van der Waals surface area contributed by atoms with Crippen LogP contribution in [0.3, 0.4) is 0 Å². The second-order valence-electron chi connectivity index (χ2n) is 10.4. The van der Waals surface area contributed by atoms with E-state index in [1.165, 1.54) is 65.6 Å². The van der Waals surface area contributed by atoms with E-state index < -0.39 is 0 Å². The zero-order chi connectivity index (χ0) is 25.6. The molecular weight excluding hydrogens is 462 g/mol. The van der Waals surface area contributed by atoms with Crippen molar-refractivity contribution in [2.24, 2.45) is 5.92 Å². The third kappa shape index (κ3) is 5.43. The Balaban J connectivity index is 1.79. The van der Waals surface area contributed by atoms with Crippen molar-refractivity contribution >= 4 is 11.3 Å². The van der Waals surface area contributed by atoms with Crippen LogP contribution in [0.2, 0.25) is 0 Å². The maximum atomic E-state index is 6.38. The molecule has 0 N–H and O–H groups in total. The number of hydrogen-bond donors (Lipinski definition) is 0. The van der Waals surface area contributed by atoms with Gasteiger partial charge in [-0.3, -0.25) is 0 Å². The van der Waals surface area contributed by atoms with Crippen LogP contribution in [0.4, 0.5) is 5.82 Å². The van der Waals surface area contributed by atoms with Crippen LogP contribution in [0.25, 0.3) is 16.6 Å². The average Bonchev–Trinajstić information content (AvgIpc) is 3.26. The van der Waals surface area contributed by atoms with Gasteiger partial charge in [0.05, 0.1) is 31.4 Å². The van der Waals surface area contributed by atoms with Gasteiger partial charge in [-0.15, -0.1) is 0 Å². The molecule has 2 aromatic heterocycles. The van der Waals surface area contributed by atoms with Gasteiger partial charge in [-0.05, 0) is 43.7 Å². The first-order valence-electron chi connectivity index (χ1n) is 14.3. The molecule has 0 radical (unpaired) electrons. The van der Waals surface area contributed by atoms with E-state index in [1.54, 1.807) is 0 Å². The van der Waals surface area contributed by atoms with Crippen LogP contribution in [0, 0.1) is 5.92 Å². The molecule has 3 aromatic rings. The van der Waals surface area contributed by atoms with E-state index in [4.69, 9.17) is 19.3 Å². The van der Waals surface area contributed by atoms with E-state index in [2.05, 4.69) is 59.7 Å². The van der Waals surface area contributed by atoms with Crippen molar-refractivity contribution in [2.75, 3.05) is 44.9 Å². The first-order valence-corrected chi connectivity index (χ1v) is 14.3. The van der Waals surface area contributed by atoms with Gasteiger partial charge < -0.3 is 19.1 Å². The average molecular weight is 506 g/mol. The summed E-state index contributed by atoms with van der Waals surface area (Å²) < 4.78 is 20.5. The van der Waals surface area contributed by atoms with Gasteiger partial charge in [0.15, 0.2) is 0 Å². The summed E-state index contributed by atoms with van der Waals surface area (Å²) in [5.74, 6) is 1.55. The van der Waals surface area contributed by atoms with Crippen molar-refractivity contribution in [1.29, 1.82) is 0 Å². The molecule has 1 saturated carbocycles. The normalized spacial score (nSPS) is 18.0. The lowest BCUT2D eigenvalue weighted by Crippen LogP contribution is -2.37. The minimum Gasteiger partial charge on any atom is -0.378 e. The second kappa shape index (κ2) is 12.4. The Morgan fingerprint density at radius 2 is 1.81 bits per heavy atom. The first-order chi connectivity index (χ1) is 18.3. The molecule has 1 atom stereocenters. The molecule has 0 spiro atoms. The number of fused-ring (bicyclic) bond motifs is 1. The Morgan fingerprint density at radius 3 is 2.49 bits per heavy atom. The summed E-state index contributed by atoms with van der Waals surface area (Å²) in [5, 5.41) is 5.33. The molecule has 2 fully saturated rings. The Labute approximate surface area is 221 Å². The molecule has 6 nitrogen and oxygen atoms in total. The summed E-state index contributed by atoms with van der Waals surface area (Å²) >= 11 is 0. The van der Waals surface area contributed by atoms with Gasteiger partial charge in [-0.1, -0.05) is 62.9 Å². The molecule has 3 heterocycles.